The molecule has 3 atom stereocenters. The standard InChI is InChI=1S/C35H41ClFN7O3/c1-35(37)18-25(41(3)23-35)22-47-34-39-29-21-42(30-11-6-9-24-8-5-10-28(36)32(24)30)14-13-27(29)33(40-34)43-15-16-44(26(20-43)19-38-2)31(45)12-7-17-46-4/h5-12,25-26H,13-23H2,1,3-4H3/b12-7+/t25-,26-,35?/m0/s1. The molecule has 12 heteroatoms. The molecule has 0 saturated carbocycles. The molecule has 1 unspecified atom stereocenters. The second-order valence-corrected chi connectivity index (χ2v) is 13.3. The SMILES string of the molecule is [C-]#[N+]C[C@H]1CN(c2nc(OC[C@@H]3CC(C)(F)CN3C)nc3c2CCN(c2cccc4cccc(Cl)c24)C3)CCN1C(=O)/C=C/COC. The fraction of sp³-hybridized carbons (Fsp3) is 0.486. The summed E-state index contributed by atoms with van der Waals surface area (Å²) >= 11 is 6.71. The molecule has 10 nitrogen and oxygen atoms in total. The maximum absolute atomic E-state index is 14.8. The van der Waals surface area contributed by atoms with E-state index >= 15 is 0 Å². The third-order valence-electron chi connectivity index (χ3n) is 9.35. The highest BCUT2D eigenvalue weighted by atomic mass is 35.5. The molecule has 0 spiro atoms. The van der Waals surface area contributed by atoms with Gasteiger partial charge in [-0.25, -0.2) is 11.0 Å². The number of carbonyl (C=O) groups is 1. The van der Waals surface area contributed by atoms with E-state index in [1.807, 2.05) is 30.1 Å². The number of benzene rings is 2. The topological polar surface area (TPSA) is 78.6 Å². The molecule has 0 bridgehead atoms. The summed E-state index contributed by atoms with van der Waals surface area (Å²) < 4.78 is 26.1. The van der Waals surface area contributed by atoms with E-state index in [0.29, 0.717) is 57.2 Å². The van der Waals surface area contributed by atoms with Gasteiger partial charge in [-0.05, 0) is 37.9 Å². The van der Waals surface area contributed by atoms with Crippen molar-refractivity contribution in [3.63, 3.8) is 0 Å². The summed E-state index contributed by atoms with van der Waals surface area (Å²) in [5.41, 5.74) is 1.68. The normalized spacial score (nSPS) is 23.4. The summed E-state index contributed by atoms with van der Waals surface area (Å²) in [7, 11) is 3.49. The minimum atomic E-state index is -1.27. The first kappa shape index (κ1) is 32.9. The average Bonchev–Trinajstić information content (AvgIpc) is 3.33. The van der Waals surface area contributed by atoms with Crippen LogP contribution in [0.25, 0.3) is 15.6 Å². The van der Waals surface area contributed by atoms with Crippen LogP contribution in [-0.2, 0) is 22.5 Å². The van der Waals surface area contributed by atoms with Crippen LogP contribution >= 0.6 is 11.6 Å². The van der Waals surface area contributed by atoms with E-state index in [1.54, 1.807) is 25.0 Å². The number of carbonyl (C=O) groups excluding carboxylic acids is 1. The van der Waals surface area contributed by atoms with E-state index < -0.39 is 5.67 Å². The summed E-state index contributed by atoms with van der Waals surface area (Å²) in [5.74, 6) is 0.640. The van der Waals surface area contributed by atoms with Crippen molar-refractivity contribution in [2.75, 3.05) is 76.4 Å². The van der Waals surface area contributed by atoms with Crippen LogP contribution in [0, 0.1) is 6.57 Å². The van der Waals surface area contributed by atoms with E-state index in [2.05, 4.69) is 32.8 Å². The van der Waals surface area contributed by atoms with Crippen molar-refractivity contribution in [2.24, 2.45) is 0 Å². The lowest BCUT2D eigenvalue weighted by atomic mass is 10.0. The average molecular weight is 662 g/mol. The molecule has 4 heterocycles. The predicted octanol–water partition coefficient (Wildman–Crippen LogP) is 4.80. The number of aromatic nitrogens is 2. The lowest BCUT2D eigenvalue weighted by molar-refractivity contribution is -0.128. The van der Waals surface area contributed by atoms with Gasteiger partial charge in [-0.3, -0.25) is 9.69 Å². The number of hydrogen-bond acceptors (Lipinski definition) is 8. The molecule has 3 aromatic rings. The van der Waals surface area contributed by atoms with Crippen molar-refractivity contribution in [1.29, 1.82) is 0 Å². The number of ether oxygens (including phenoxy) is 2. The molecule has 1 amide bonds. The Bertz CT molecular complexity index is 1690. The monoisotopic (exact) mass is 661 g/mol. The Hall–Kier alpha value is -3.98. The number of rotatable bonds is 9. The minimum absolute atomic E-state index is 0.0915. The minimum Gasteiger partial charge on any atom is -0.462 e. The Morgan fingerprint density at radius 2 is 1.98 bits per heavy atom. The van der Waals surface area contributed by atoms with Gasteiger partial charge in [0, 0.05) is 75.0 Å². The Morgan fingerprint density at radius 1 is 1.17 bits per heavy atom. The third kappa shape index (κ3) is 7.15. The van der Waals surface area contributed by atoms with Crippen molar-refractivity contribution >= 4 is 39.8 Å². The van der Waals surface area contributed by atoms with E-state index in [0.717, 1.165) is 40.1 Å². The molecular weight excluding hydrogens is 621 g/mol. The summed E-state index contributed by atoms with van der Waals surface area (Å²) in [6.07, 6.45) is 4.29. The van der Waals surface area contributed by atoms with Crippen LogP contribution in [0.15, 0.2) is 48.6 Å². The molecular formula is C35H41ClFN7O3. The van der Waals surface area contributed by atoms with E-state index in [4.69, 9.17) is 37.6 Å². The highest BCUT2D eigenvalue weighted by molar-refractivity contribution is 6.36. The van der Waals surface area contributed by atoms with E-state index in [-0.39, 0.29) is 37.2 Å². The Balaban J connectivity index is 1.31. The molecule has 2 fully saturated rings. The second kappa shape index (κ2) is 14.0. The first-order valence-electron chi connectivity index (χ1n) is 16.1. The van der Waals surface area contributed by atoms with E-state index in [1.165, 1.54) is 6.08 Å². The van der Waals surface area contributed by atoms with Crippen LogP contribution in [0.4, 0.5) is 15.9 Å². The molecule has 0 aliphatic carbocycles. The Labute approximate surface area is 280 Å². The number of alkyl halides is 1. The molecule has 3 aliphatic heterocycles. The molecule has 0 radical (unpaired) electrons. The molecule has 248 valence electrons. The highest BCUT2D eigenvalue weighted by Crippen LogP contribution is 2.37. The van der Waals surface area contributed by atoms with Gasteiger partial charge < -0.3 is 29.0 Å². The zero-order valence-corrected chi connectivity index (χ0v) is 27.9. The number of likely N-dealkylation sites (N-methyl/N-ethyl adjacent to an activating group) is 1. The quantitative estimate of drug-likeness (QED) is 0.239. The lowest BCUT2D eigenvalue weighted by Crippen LogP contribution is -2.56. The molecule has 6 rings (SSSR count). The predicted molar refractivity (Wildman–Crippen MR) is 182 cm³/mol. The number of amides is 1. The molecule has 0 N–H and O–H groups in total. The van der Waals surface area contributed by atoms with E-state index in [9.17, 15) is 9.18 Å². The lowest BCUT2D eigenvalue weighted by Gasteiger charge is -2.41. The van der Waals surface area contributed by atoms with Crippen LogP contribution in [0.1, 0.15) is 24.6 Å². The number of halogens is 2. The van der Waals surface area contributed by atoms with Gasteiger partial charge in [-0.2, -0.15) is 9.97 Å². The van der Waals surface area contributed by atoms with Crippen molar-refractivity contribution < 1.29 is 18.7 Å². The van der Waals surface area contributed by atoms with Gasteiger partial charge in [0.05, 0.1) is 23.9 Å². The zero-order valence-electron chi connectivity index (χ0n) is 27.2. The van der Waals surface area contributed by atoms with Gasteiger partial charge in [0.1, 0.15) is 24.1 Å². The van der Waals surface area contributed by atoms with Crippen LogP contribution < -0.4 is 14.5 Å². The Kier molecular flexibility index (Phi) is 9.82. The molecule has 3 aliphatic rings. The smallest absolute Gasteiger partial charge is 0.318 e. The number of anilines is 2. The number of likely N-dealkylation sites (tertiary alicyclic amines) is 1. The first-order chi connectivity index (χ1) is 22.7. The fourth-order valence-electron chi connectivity index (χ4n) is 7.12. The van der Waals surface area contributed by atoms with Gasteiger partial charge in [-0.1, -0.05) is 41.9 Å². The van der Waals surface area contributed by atoms with Crippen molar-refractivity contribution in [1.82, 2.24) is 19.8 Å². The van der Waals surface area contributed by atoms with Crippen molar-refractivity contribution in [3.8, 4) is 6.01 Å². The second-order valence-electron chi connectivity index (χ2n) is 12.9. The van der Waals surface area contributed by atoms with Crippen LogP contribution in [0.5, 0.6) is 6.01 Å². The maximum atomic E-state index is 14.8. The van der Waals surface area contributed by atoms with Crippen molar-refractivity contribution in [3.05, 3.63) is 76.2 Å². The summed E-state index contributed by atoms with van der Waals surface area (Å²) in [4.78, 5) is 34.8. The number of fused-ring (bicyclic) bond motifs is 2. The summed E-state index contributed by atoms with van der Waals surface area (Å²) in [6, 6.07) is 12.0. The van der Waals surface area contributed by atoms with Gasteiger partial charge in [-0.15, -0.1) is 0 Å². The molecule has 2 saturated heterocycles. The molecule has 1 aromatic heterocycles. The number of hydrogen-bond donors (Lipinski definition) is 0. The first-order valence-corrected chi connectivity index (χ1v) is 16.4. The van der Waals surface area contributed by atoms with Crippen molar-refractivity contribution in [2.45, 2.75) is 44.1 Å². The zero-order chi connectivity index (χ0) is 33.1. The Morgan fingerprint density at radius 3 is 2.72 bits per heavy atom. The van der Waals surface area contributed by atoms with Crippen LogP contribution in [0.2, 0.25) is 5.02 Å². The summed E-state index contributed by atoms with van der Waals surface area (Å²) in [5, 5.41) is 2.78. The number of methoxy groups -OCH3 is 1. The number of nitrogens with zero attached hydrogens (tertiary/aromatic N) is 7. The fourth-order valence-corrected chi connectivity index (χ4v) is 7.40. The highest BCUT2D eigenvalue weighted by Gasteiger charge is 2.40. The molecule has 47 heavy (non-hydrogen) atoms. The molecule has 2 aromatic carbocycles. The van der Waals surface area contributed by atoms with Crippen LogP contribution in [-0.4, -0.2) is 110 Å². The van der Waals surface area contributed by atoms with Gasteiger partial charge in [0.25, 0.3) is 0 Å². The van der Waals surface area contributed by atoms with Crippen LogP contribution in [0.3, 0.4) is 0 Å². The van der Waals surface area contributed by atoms with Gasteiger partial charge >= 0.3 is 6.01 Å². The third-order valence-corrected chi connectivity index (χ3v) is 9.67. The van der Waals surface area contributed by atoms with Gasteiger partial charge in [0.2, 0.25) is 12.5 Å². The summed E-state index contributed by atoms with van der Waals surface area (Å²) in [6.45, 7) is 13.1. The number of piperazine rings is 1. The largest absolute Gasteiger partial charge is 0.462 e. The van der Waals surface area contributed by atoms with Gasteiger partial charge in [0.15, 0.2) is 0 Å². The maximum Gasteiger partial charge on any atom is 0.318 e.